The lowest BCUT2D eigenvalue weighted by Gasteiger charge is -2.19. The molecule has 0 saturated heterocycles. The Kier molecular flexibility index (Phi) is 3.75. The summed E-state index contributed by atoms with van der Waals surface area (Å²) in [6.07, 6.45) is -1.01. The van der Waals surface area contributed by atoms with Gasteiger partial charge in [0.1, 0.15) is 6.10 Å². The molecule has 5 nitrogen and oxygen atoms in total. The van der Waals surface area contributed by atoms with Crippen LogP contribution in [0.2, 0.25) is 10.0 Å². The van der Waals surface area contributed by atoms with E-state index in [1.807, 2.05) is 0 Å². The minimum atomic E-state index is -0.973. The molecular formula is C11H10Cl2N2O3. The third kappa shape index (κ3) is 2.43. The highest BCUT2D eigenvalue weighted by atomic mass is 35.5. The number of nitrogens with zero attached hydrogens (tertiary/aromatic N) is 1. The van der Waals surface area contributed by atoms with Crippen molar-refractivity contribution in [3.05, 3.63) is 27.7 Å². The van der Waals surface area contributed by atoms with Gasteiger partial charge in [0.25, 0.3) is 0 Å². The lowest BCUT2D eigenvalue weighted by atomic mass is 10.0. The van der Waals surface area contributed by atoms with Crippen LogP contribution >= 0.6 is 23.2 Å². The fourth-order valence-electron chi connectivity index (χ4n) is 1.67. The maximum Gasteiger partial charge on any atom is 0.243 e. The van der Waals surface area contributed by atoms with Crippen LogP contribution in [0.25, 0.3) is 0 Å². The van der Waals surface area contributed by atoms with Gasteiger partial charge in [-0.1, -0.05) is 23.2 Å². The van der Waals surface area contributed by atoms with Gasteiger partial charge in [-0.05, 0) is 12.1 Å². The highest BCUT2D eigenvalue weighted by molar-refractivity contribution is 6.37. The maximum atomic E-state index is 11.0. The average Bonchev–Trinajstić information content (AvgIpc) is 2.28. The van der Waals surface area contributed by atoms with E-state index in [1.54, 1.807) is 12.1 Å². The van der Waals surface area contributed by atoms with E-state index >= 15 is 0 Å². The van der Waals surface area contributed by atoms with E-state index in [9.17, 15) is 9.90 Å². The number of methoxy groups -OCH3 is 1. The minimum absolute atomic E-state index is 0.0416. The van der Waals surface area contributed by atoms with Gasteiger partial charge in [-0.2, -0.15) is 5.10 Å². The molecule has 0 radical (unpaired) electrons. The van der Waals surface area contributed by atoms with Crippen molar-refractivity contribution in [2.24, 2.45) is 5.10 Å². The van der Waals surface area contributed by atoms with E-state index in [-0.39, 0.29) is 12.3 Å². The van der Waals surface area contributed by atoms with Crippen LogP contribution in [0.1, 0.15) is 12.0 Å². The van der Waals surface area contributed by atoms with Crippen molar-refractivity contribution in [1.29, 1.82) is 0 Å². The topological polar surface area (TPSA) is 70.9 Å². The van der Waals surface area contributed by atoms with Crippen molar-refractivity contribution >= 4 is 34.8 Å². The van der Waals surface area contributed by atoms with Crippen molar-refractivity contribution in [2.75, 3.05) is 7.11 Å². The Morgan fingerprint density at radius 2 is 2.06 bits per heavy atom. The predicted molar refractivity (Wildman–Crippen MR) is 68.3 cm³/mol. The number of hydrogen-bond acceptors (Lipinski definition) is 4. The fraction of sp³-hybridized carbons (Fsp3) is 0.273. The van der Waals surface area contributed by atoms with Gasteiger partial charge < -0.3 is 9.84 Å². The van der Waals surface area contributed by atoms with Crippen molar-refractivity contribution in [3.63, 3.8) is 0 Å². The van der Waals surface area contributed by atoms with Gasteiger partial charge in [-0.3, -0.25) is 4.79 Å². The van der Waals surface area contributed by atoms with Gasteiger partial charge in [0.05, 0.1) is 29.3 Å². The van der Waals surface area contributed by atoms with Crippen molar-refractivity contribution in [2.45, 2.75) is 12.5 Å². The normalized spacial score (nSPS) is 19.2. The molecule has 0 aliphatic carbocycles. The van der Waals surface area contributed by atoms with Gasteiger partial charge in [0.2, 0.25) is 5.91 Å². The number of hydrogen-bond donors (Lipinski definition) is 2. The molecule has 1 aliphatic heterocycles. The summed E-state index contributed by atoms with van der Waals surface area (Å²) in [7, 11) is 1.46. The summed E-state index contributed by atoms with van der Waals surface area (Å²) in [6, 6.07) is 3.15. The first-order valence-corrected chi connectivity index (χ1v) is 5.86. The highest BCUT2D eigenvalue weighted by Crippen LogP contribution is 2.34. The Labute approximate surface area is 113 Å². The number of benzene rings is 1. The molecule has 2 rings (SSSR count). The lowest BCUT2D eigenvalue weighted by molar-refractivity contribution is -0.122. The molecular weight excluding hydrogens is 279 g/mol. The van der Waals surface area contributed by atoms with Crippen LogP contribution < -0.4 is 10.2 Å². The first-order chi connectivity index (χ1) is 8.52. The molecule has 0 spiro atoms. The minimum Gasteiger partial charge on any atom is -0.494 e. The van der Waals surface area contributed by atoms with Gasteiger partial charge in [-0.15, -0.1) is 0 Å². The van der Waals surface area contributed by atoms with Crippen molar-refractivity contribution in [1.82, 2.24) is 5.43 Å². The SMILES string of the molecule is COc1c(Cl)cc(C2=NNC(=O)CC2O)cc1Cl. The number of rotatable bonds is 2. The van der Waals surface area contributed by atoms with Crippen molar-refractivity contribution < 1.29 is 14.6 Å². The molecule has 1 aromatic carbocycles. The van der Waals surface area contributed by atoms with Gasteiger partial charge in [0, 0.05) is 5.56 Å². The van der Waals surface area contributed by atoms with Crippen LogP contribution in [0.4, 0.5) is 0 Å². The number of ether oxygens (including phenoxy) is 1. The van der Waals surface area contributed by atoms with Crippen LogP contribution in [-0.4, -0.2) is 29.9 Å². The largest absolute Gasteiger partial charge is 0.494 e. The zero-order valence-corrected chi connectivity index (χ0v) is 10.9. The molecule has 0 bridgehead atoms. The summed E-state index contributed by atoms with van der Waals surface area (Å²) in [6.45, 7) is 0. The number of aliphatic hydroxyl groups excluding tert-OH is 1. The second-order valence-electron chi connectivity index (χ2n) is 3.73. The molecule has 1 amide bonds. The molecule has 0 aromatic heterocycles. The van der Waals surface area contributed by atoms with Crippen LogP contribution in [0.3, 0.4) is 0 Å². The summed E-state index contributed by atoms with van der Waals surface area (Å²) >= 11 is 12.0. The smallest absolute Gasteiger partial charge is 0.243 e. The molecule has 1 unspecified atom stereocenters. The fourth-order valence-corrected chi connectivity index (χ4v) is 2.32. The third-order valence-electron chi connectivity index (χ3n) is 2.49. The van der Waals surface area contributed by atoms with E-state index in [0.29, 0.717) is 27.1 Å². The molecule has 96 valence electrons. The summed E-state index contributed by atoms with van der Waals surface area (Å²) < 4.78 is 5.03. The monoisotopic (exact) mass is 288 g/mol. The van der Waals surface area contributed by atoms with Gasteiger partial charge >= 0.3 is 0 Å². The highest BCUT2D eigenvalue weighted by Gasteiger charge is 2.24. The summed E-state index contributed by atoms with van der Waals surface area (Å²) in [5.74, 6) is 0.0222. The number of nitrogens with one attached hydrogen (secondary N) is 1. The molecule has 18 heavy (non-hydrogen) atoms. The number of halogens is 2. The lowest BCUT2D eigenvalue weighted by Crippen LogP contribution is -2.36. The van der Waals surface area contributed by atoms with Gasteiger partial charge in [-0.25, -0.2) is 5.43 Å². The summed E-state index contributed by atoms with van der Waals surface area (Å²) in [5.41, 5.74) is 3.16. The van der Waals surface area contributed by atoms with E-state index in [0.717, 1.165) is 0 Å². The van der Waals surface area contributed by atoms with E-state index in [1.165, 1.54) is 7.11 Å². The molecule has 0 fully saturated rings. The van der Waals surface area contributed by atoms with E-state index < -0.39 is 6.10 Å². The summed E-state index contributed by atoms with van der Waals surface area (Å²) in [5, 5.41) is 14.2. The van der Waals surface area contributed by atoms with E-state index in [4.69, 9.17) is 27.9 Å². The molecule has 7 heteroatoms. The Morgan fingerprint density at radius 1 is 1.44 bits per heavy atom. The first kappa shape index (κ1) is 13.1. The zero-order valence-electron chi connectivity index (χ0n) is 9.41. The Morgan fingerprint density at radius 3 is 2.56 bits per heavy atom. The number of aliphatic hydroxyl groups is 1. The predicted octanol–water partition coefficient (Wildman–Crippen LogP) is 1.59. The van der Waals surface area contributed by atoms with Crippen molar-refractivity contribution in [3.8, 4) is 5.75 Å². The number of carbonyl (C=O) groups is 1. The molecule has 1 aromatic rings. The standard InChI is InChI=1S/C11H10Cl2N2O3/c1-18-11-6(12)2-5(3-7(11)13)10-8(16)4-9(17)14-15-10/h2-3,8,16H,4H2,1H3,(H,14,17). The molecule has 0 saturated carbocycles. The van der Waals surface area contributed by atoms with Crippen LogP contribution in [0, 0.1) is 0 Å². The van der Waals surface area contributed by atoms with Gasteiger partial charge in [0.15, 0.2) is 5.75 Å². The first-order valence-electron chi connectivity index (χ1n) is 5.11. The maximum absolute atomic E-state index is 11.0. The molecule has 1 aliphatic rings. The second kappa shape index (κ2) is 5.14. The summed E-state index contributed by atoms with van der Waals surface area (Å²) in [4.78, 5) is 11.0. The Balaban J connectivity index is 2.43. The van der Waals surface area contributed by atoms with Crippen LogP contribution in [-0.2, 0) is 4.79 Å². The number of hydrazone groups is 1. The zero-order chi connectivity index (χ0) is 13.3. The quantitative estimate of drug-likeness (QED) is 0.868. The van der Waals surface area contributed by atoms with Crippen LogP contribution in [0.15, 0.2) is 17.2 Å². The Bertz CT molecular complexity index is 508. The Hall–Kier alpha value is -1.30. The number of amides is 1. The van der Waals surface area contributed by atoms with Crippen LogP contribution in [0.5, 0.6) is 5.75 Å². The average molecular weight is 289 g/mol. The second-order valence-corrected chi connectivity index (χ2v) is 4.54. The number of carbonyl (C=O) groups excluding carboxylic acids is 1. The molecule has 2 N–H and O–H groups in total. The third-order valence-corrected chi connectivity index (χ3v) is 3.06. The van der Waals surface area contributed by atoms with E-state index in [2.05, 4.69) is 10.5 Å². The molecule has 1 heterocycles. The molecule has 1 atom stereocenters.